The summed E-state index contributed by atoms with van der Waals surface area (Å²) in [5.41, 5.74) is 1.18. The molecule has 0 spiro atoms. The van der Waals surface area contributed by atoms with E-state index in [1.807, 2.05) is 0 Å². The summed E-state index contributed by atoms with van der Waals surface area (Å²) in [7, 11) is -3.93. The zero-order chi connectivity index (χ0) is 20.4. The standard InChI is InChI=1S/C21H14N2O5S/c24-20-18-8-4-5-9-19(18)21(25)23(20)22-14-15-10-12-16(13-11-15)28-29(26,27)17-6-2-1-3-7-17/h1-14H. The Kier molecular flexibility index (Phi) is 4.69. The third-order valence-corrected chi connectivity index (χ3v) is 5.47. The summed E-state index contributed by atoms with van der Waals surface area (Å²) < 4.78 is 29.6. The summed E-state index contributed by atoms with van der Waals surface area (Å²) in [4.78, 5) is 24.6. The van der Waals surface area contributed by atoms with Gasteiger partial charge in [0.05, 0.1) is 17.3 Å². The van der Waals surface area contributed by atoms with Crippen LogP contribution in [0.1, 0.15) is 26.3 Å². The molecule has 0 unspecified atom stereocenters. The molecular formula is C21H14N2O5S. The van der Waals surface area contributed by atoms with Gasteiger partial charge in [-0.25, -0.2) is 0 Å². The Morgan fingerprint density at radius 2 is 1.31 bits per heavy atom. The molecule has 3 aromatic carbocycles. The molecule has 29 heavy (non-hydrogen) atoms. The van der Waals surface area contributed by atoms with Gasteiger partial charge in [0.15, 0.2) is 0 Å². The molecule has 2 amide bonds. The smallest absolute Gasteiger partial charge is 0.339 e. The molecule has 0 fully saturated rings. The third kappa shape index (κ3) is 3.65. The number of hydrazone groups is 1. The van der Waals surface area contributed by atoms with Gasteiger partial charge < -0.3 is 4.18 Å². The monoisotopic (exact) mass is 406 g/mol. The van der Waals surface area contributed by atoms with Crippen molar-refractivity contribution in [3.63, 3.8) is 0 Å². The molecule has 1 heterocycles. The van der Waals surface area contributed by atoms with Crippen molar-refractivity contribution in [2.24, 2.45) is 5.10 Å². The van der Waals surface area contributed by atoms with Gasteiger partial charge in [-0.1, -0.05) is 30.3 Å². The highest BCUT2D eigenvalue weighted by Crippen LogP contribution is 2.23. The van der Waals surface area contributed by atoms with Crippen LogP contribution < -0.4 is 4.18 Å². The highest BCUT2D eigenvalue weighted by molar-refractivity contribution is 7.87. The number of carbonyl (C=O) groups excluding carboxylic acids is 2. The number of nitrogens with zero attached hydrogens (tertiary/aromatic N) is 2. The van der Waals surface area contributed by atoms with Crippen LogP contribution in [0.2, 0.25) is 0 Å². The molecule has 144 valence electrons. The maximum atomic E-state index is 12.3. The molecule has 3 aromatic rings. The van der Waals surface area contributed by atoms with Crippen LogP contribution in [-0.4, -0.2) is 31.5 Å². The Labute approximate surface area is 167 Å². The molecule has 0 N–H and O–H groups in total. The number of imide groups is 1. The van der Waals surface area contributed by atoms with Gasteiger partial charge in [-0.2, -0.15) is 18.5 Å². The molecule has 1 aliphatic heterocycles. The van der Waals surface area contributed by atoms with Crippen molar-refractivity contribution >= 4 is 28.1 Å². The van der Waals surface area contributed by atoms with E-state index in [-0.39, 0.29) is 10.6 Å². The van der Waals surface area contributed by atoms with Crippen LogP contribution >= 0.6 is 0 Å². The molecule has 0 bridgehead atoms. The topological polar surface area (TPSA) is 93.1 Å². The van der Waals surface area contributed by atoms with Crippen molar-refractivity contribution < 1.29 is 22.2 Å². The fraction of sp³-hybridized carbons (Fsp3) is 0. The van der Waals surface area contributed by atoms with E-state index in [4.69, 9.17) is 4.18 Å². The number of rotatable bonds is 5. The van der Waals surface area contributed by atoms with Gasteiger partial charge >= 0.3 is 10.1 Å². The number of hydrogen-bond donors (Lipinski definition) is 0. The summed E-state index contributed by atoms with van der Waals surface area (Å²) >= 11 is 0. The molecule has 0 saturated carbocycles. The summed E-state index contributed by atoms with van der Waals surface area (Å²) in [5, 5.41) is 4.77. The first-order chi connectivity index (χ1) is 14.0. The van der Waals surface area contributed by atoms with E-state index in [1.54, 1.807) is 54.6 Å². The van der Waals surface area contributed by atoms with Gasteiger partial charge in [0.25, 0.3) is 11.8 Å². The van der Waals surface area contributed by atoms with E-state index in [0.29, 0.717) is 16.7 Å². The average molecular weight is 406 g/mol. The van der Waals surface area contributed by atoms with E-state index in [9.17, 15) is 18.0 Å². The lowest BCUT2D eigenvalue weighted by Gasteiger charge is -2.07. The van der Waals surface area contributed by atoms with Crippen molar-refractivity contribution in [1.82, 2.24) is 5.01 Å². The van der Waals surface area contributed by atoms with Gasteiger partial charge in [0.1, 0.15) is 10.6 Å². The van der Waals surface area contributed by atoms with Crippen molar-refractivity contribution in [2.45, 2.75) is 4.90 Å². The molecule has 0 saturated heterocycles. The van der Waals surface area contributed by atoms with Gasteiger partial charge in [-0.05, 0) is 54.1 Å². The molecule has 4 rings (SSSR count). The maximum Gasteiger partial charge on any atom is 0.339 e. The average Bonchev–Trinajstić information content (AvgIpc) is 2.98. The molecular weight excluding hydrogens is 392 g/mol. The van der Waals surface area contributed by atoms with E-state index in [0.717, 1.165) is 5.01 Å². The Bertz CT molecular complexity index is 1180. The fourth-order valence-electron chi connectivity index (χ4n) is 2.78. The SMILES string of the molecule is O=C1c2ccccc2C(=O)N1N=Cc1ccc(OS(=O)(=O)c2ccccc2)cc1. The molecule has 8 heteroatoms. The van der Waals surface area contributed by atoms with Gasteiger partial charge in [-0.3, -0.25) is 9.59 Å². The van der Waals surface area contributed by atoms with Crippen LogP contribution in [0.15, 0.2) is 88.9 Å². The van der Waals surface area contributed by atoms with Crippen LogP contribution in [0.3, 0.4) is 0 Å². The highest BCUT2D eigenvalue weighted by atomic mass is 32.2. The number of fused-ring (bicyclic) bond motifs is 1. The molecule has 1 aliphatic rings. The van der Waals surface area contributed by atoms with Gasteiger partial charge in [0.2, 0.25) is 0 Å². The first-order valence-corrected chi connectivity index (χ1v) is 9.98. The van der Waals surface area contributed by atoms with Crippen LogP contribution in [0, 0.1) is 0 Å². The van der Waals surface area contributed by atoms with E-state index < -0.39 is 21.9 Å². The van der Waals surface area contributed by atoms with E-state index in [1.165, 1.54) is 30.5 Å². The summed E-state index contributed by atoms with van der Waals surface area (Å²) in [6, 6.07) is 20.4. The Morgan fingerprint density at radius 1 is 0.759 bits per heavy atom. The Morgan fingerprint density at radius 3 is 1.90 bits per heavy atom. The lowest BCUT2D eigenvalue weighted by atomic mass is 10.1. The quantitative estimate of drug-likeness (QED) is 0.369. The fourth-order valence-corrected chi connectivity index (χ4v) is 3.73. The molecule has 0 aromatic heterocycles. The van der Waals surface area contributed by atoms with Crippen molar-refractivity contribution in [3.05, 3.63) is 95.6 Å². The molecule has 0 radical (unpaired) electrons. The largest absolute Gasteiger partial charge is 0.379 e. The van der Waals surface area contributed by atoms with Gasteiger partial charge in [0, 0.05) is 0 Å². The minimum atomic E-state index is -3.93. The predicted octanol–water partition coefficient (Wildman–Crippen LogP) is 3.08. The van der Waals surface area contributed by atoms with Crippen molar-refractivity contribution in [1.29, 1.82) is 0 Å². The zero-order valence-electron chi connectivity index (χ0n) is 14.9. The number of carbonyl (C=O) groups is 2. The Balaban J connectivity index is 1.48. The second-order valence-electron chi connectivity index (χ2n) is 6.13. The van der Waals surface area contributed by atoms with Crippen molar-refractivity contribution in [2.75, 3.05) is 0 Å². The Hall–Kier alpha value is -3.78. The second-order valence-corrected chi connectivity index (χ2v) is 7.68. The van der Waals surface area contributed by atoms with E-state index in [2.05, 4.69) is 5.10 Å². The van der Waals surface area contributed by atoms with Gasteiger partial charge in [-0.15, -0.1) is 0 Å². The summed E-state index contributed by atoms with van der Waals surface area (Å²) in [5.74, 6) is -0.849. The predicted molar refractivity (Wildman–Crippen MR) is 105 cm³/mol. The minimum Gasteiger partial charge on any atom is -0.379 e. The lowest BCUT2D eigenvalue weighted by molar-refractivity contribution is 0.0660. The highest BCUT2D eigenvalue weighted by Gasteiger charge is 2.35. The van der Waals surface area contributed by atoms with Crippen LogP contribution in [0.5, 0.6) is 5.75 Å². The summed E-state index contributed by atoms with van der Waals surface area (Å²) in [6.45, 7) is 0. The first kappa shape index (κ1) is 18.6. The van der Waals surface area contributed by atoms with Crippen molar-refractivity contribution in [3.8, 4) is 5.75 Å². The zero-order valence-corrected chi connectivity index (χ0v) is 15.7. The second kappa shape index (κ2) is 7.33. The first-order valence-electron chi connectivity index (χ1n) is 8.57. The third-order valence-electron chi connectivity index (χ3n) is 4.21. The molecule has 0 aliphatic carbocycles. The normalized spacial score (nSPS) is 13.7. The lowest BCUT2D eigenvalue weighted by Crippen LogP contribution is -2.23. The minimum absolute atomic E-state index is 0.0521. The number of amides is 2. The molecule has 7 nitrogen and oxygen atoms in total. The number of hydrogen-bond acceptors (Lipinski definition) is 6. The maximum absolute atomic E-state index is 12.3. The molecule has 0 atom stereocenters. The van der Waals surface area contributed by atoms with E-state index >= 15 is 0 Å². The van der Waals surface area contributed by atoms with Crippen LogP contribution in [0.25, 0.3) is 0 Å². The summed E-state index contributed by atoms with van der Waals surface area (Å²) in [6.07, 6.45) is 1.34. The number of benzene rings is 3. The van der Waals surface area contributed by atoms with Crippen LogP contribution in [-0.2, 0) is 10.1 Å². The van der Waals surface area contributed by atoms with Crippen LogP contribution in [0.4, 0.5) is 0 Å².